The summed E-state index contributed by atoms with van der Waals surface area (Å²) in [7, 11) is 1.72. The molecule has 0 saturated carbocycles. The monoisotopic (exact) mass is 171 g/mol. The Morgan fingerprint density at radius 2 is 2.08 bits per heavy atom. The van der Waals surface area contributed by atoms with Gasteiger partial charge in [-0.2, -0.15) is 0 Å². The van der Waals surface area contributed by atoms with Gasteiger partial charge in [0, 0.05) is 13.7 Å². The lowest BCUT2D eigenvalue weighted by molar-refractivity contribution is 0.199. The number of methoxy groups -OCH3 is 1. The molecule has 0 rings (SSSR count). The van der Waals surface area contributed by atoms with Crippen LogP contribution >= 0.6 is 0 Å². The minimum Gasteiger partial charge on any atom is -0.383 e. The Morgan fingerprint density at radius 1 is 1.33 bits per heavy atom. The minimum absolute atomic E-state index is 0.806. The second kappa shape index (κ2) is 8.75. The van der Waals surface area contributed by atoms with Crippen LogP contribution in [0.1, 0.15) is 26.2 Å². The van der Waals surface area contributed by atoms with Gasteiger partial charge in [-0.1, -0.05) is 5.57 Å². The average molecular weight is 171 g/mol. The lowest BCUT2D eigenvalue weighted by atomic mass is 10.1. The van der Waals surface area contributed by atoms with Gasteiger partial charge in [-0.25, -0.2) is 0 Å². The Kier molecular flexibility index (Phi) is 8.51. The summed E-state index contributed by atoms with van der Waals surface area (Å²) in [4.78, 5) is 0. The third kappa shape index (κ3) is 9.66. The summed E-state index contributed by atoms with van der Waals surface area (Å²) in [6.45, 7) is 8.81. The van der Waals surface area contributed by atoms with Crippen LogP contribution in [0, 0.1) is 0 Å². The van der Waals surface area contributed by atoms with E-state index in [0.717, 1.165) is 26.1 Å². The van der Waals surface area contributed by atoms with Crippen molar-refractivity contribution in [2.75, 3.05) is 26.8 Å². The van der Waals surface area contributed by atoms with Gasteiger partial charge in [0.15, 0.2) is 0 Å². The van der Waals surface area contributed by atoms with Crippen molar-refractivity contribution in [3.05, 3.63) is 12.2 Å². The lowest BCUT2D eigenvalue weighted by Crippen LogP contribution is -2.20. The number of unbranched alkanes of at least 4 members (excludes halogenated alkanes) is 1. The zero-order valence-electron chi connectivity index (χ0n) is 8.36. The number of hydrogen-bond donors (Lipinski definition) is 1. The van der Waals surface area contributed by atoms with Crippen molar-refractivity contribution in [2.45, 2.75) is 26.2 Å². The average Bonchev–Trinajstić information content (AvgIpc) is 2.02. The number of nitrogens with one attached hydrogen (secondary N) is 1. The Morgan fingerprint density at radius 3 is 2.67 bits per heavy atom. The fourth-order valence-electron chi connectivity index (χ4n) is 0.976. The number of hydrogen-bond acceptors (Lipinski definition) is 2. The molecule has 0 aromatic heterocycles. The summed E-state index contributed by atoms with van der Waals surface area (Å²) in [5.74, 6) is 0. The molecule has 0 bridgehead atoms. The Hall–Kier alpha value is -0.340. The van der Waals surface area contributed by atoms with Crippen LogP contribution in [0.15, 0.2) is 12.2 Å². The summed E-state index contributed by atoms with van der Waals surface area (Å²) < 4.78 is 4.91. The highest BCUT2D eigenvalue weighted by molar-refractivity contribution is 4.87. The summed E-state index contributed by atoms with van der Waals surface area (Å²) >= 11 is 0. The van der Waals surface area contributed by atoms with E-state index in [1.54, 1.807) is 7.11 Å². The van der Waals surface area contributed by atoms with Crippen molar-refractivity contribution >= 4 is 0 Å². The molecule has 0 fully saturated rings. The molecule has 0 radical (unpaired) electrons. The lowest BCUT2D eigenvalue weighted by Gasteiger charge is -2.03. The fraction of sp³-hybridized carbons (Fsp3) is 0.800. The molecule has 0 aromatic carbocycles. The maximum absolute atomic E-state index is 4.91. The molecule has 0 spiro atoms. The third-order valence-electron chi connectivity index (χ3n) is 1.69. The maximum Gasteiger partial charge on any atom is 0.0587 e. The molecule has 12 heavy (non-hydrogen) atoms. The highest BCUT2D eigenvalue weighted by Gasteiger charge is 1.89. The number of allylic oxidation sites excluding steroid dienone is 1. The molecule has 2 heteroatoms. The minimum atomic E-state index is 0.806. The van der Waals surface area contributed by atoms with E-state index in [4.69, 9.17) is 4.74 Å². The van der Waals surface area contributed by atoms with Crippen molar-refractivity contribution in [2.24, 2.45) is 0 Å². The van der Waals surface area contributed by atoms with E-state index >= 15 is 0 Å². The van der Waals surface area contributed by atoms with Crippen molar-refractivity contribution < 1.29 is 4.74 Å². The molecular weight excluding hydrogens is 150 g/mol. The molecule has 0 heterocycles. The van der Waals surface area contributed by atoms with Gasteiger partial charge >= 0.3 is 0 Å². The summed E-state index contributed by atoms with van der Waals surface area (Å²) in [6, 6.07) is 0. The smallest absolute Gasteiger partial charge is 0.0587 e. The van der Waals surface area contributed by atoms with E-state index in [1.807, 2.05) is 0 Å². The second-order valence-corrected chi connectivity index (χ2v) is 3.16. The zero-order chi connectivity index (χ0) is 9.23. The quantitative estimate of drug-likeness (QED) is 0.445. The molecular formula is C10H21NO. The van der Waals surface area contributed by atoms with Crippen molar-refractivity contribution in [1.82, 2.24) is 5.32 Å². The standard InChI is InChI=1S/C10H21NO/c1-10(2)6-4-5-7-11-8-9-12-3/h11H,1,4-9H2,2-3H3. The molecule has 0 aliphatic carbocycles. The molecule has 0 aliphatic heterocycles. The molecule has 1 N–H and O–H groups in total. The maximum atomic E-state index is 4.91. The summed E-state index contributed by atoms with van der Waals surface area (Å²) in [5, 5.41) is 3.31. The van der Waals surface area contributed by atoms with E-state index < -0.39 is 0 Å². The Bertz CT molecular complexity index is 112. The first-order valence-electron chi connectivity index (χ1n) is 4.61. The first-order valence-corrected chi connectivity index (χ1v) is 4.61. The van der Waals surface area contributed by atoms with Gasteiger partial charge in [-0.15, -0.1) is 6.58 Å². The SMILES string of the molecule is C=C(C)CCCCNCCOC. The van der Waals surface area contributed by atoms with Gasteiger partial charge in [-0.3, -0.25) is 0 Å². The largest absolute Gasteiger partial charge is 0.383 e. The Labute approximate surface area is 76.0 Å². The predicted octanol–water partition coefficient (Wildman–Crippen LogP) is 1.97. The summed E-state index contributed by atoms with van der Waals surface area (Å²) in [5.41, 5.74) is 1.28. The van der Waals surface area contributed by atoms with Crippen molar-refractivity contribution in [1.29, 1.82) is 0 Å². The molecule has 0 atom stereocenters. The zero-order valence-corrected chi connectivity index (χ0v) is 8.36. The highest BCUT2D eigenvalue weighted by Crippen LogP contribution is 2.02. The van der Waals surface area contributed by atoms with E-state index in [1.165, 1.54) is 18.4 Å². The first kappa shape index (κ1) is 11.7. The normalized spacial score (nSPS) is 10.2. The second-order valence-electron chi connectivity index (χ2n) is 3.16. The van der Waals surface area contributed by atoms with Crippen LogP contribution < -0.4 is 5.32 Å². The molecule has 2 nitrogen and oxygen atoms in total. The molecule has 0 aliphatic rings. The van der Waals surface area contributed by atoms with Crippen LogP contribution in [0.4, 0.5) is 0 Å². The molecule has 0 aromatic rings. The van der Waals surface area contributed by atoms with Gasteiger partial charge in [0.25, 0.3) is 0 Å². The topological polar surface area (TPSA) is 21.3 Å². The predicted molar refractivity (Wildman–Crippen MR) is 53.4 cm³/mol. The molecule has 0 amide bonds. The van der Waals surface area contributed by atoms with Gasteiger partial charge in [-0.05, 0) is 32.7 Å². The summed E-state index contributed by atoms with van der Waals surface area (Å²) in [6.07, 6.45) is 3.64. The van der Waals surface area contributed by atoms with E-state index in [0.29, 0.717) is 0 Å². The van der Waals surface area contributed by atoms with Crippen LogP contribution in [0.2, 0.25) is 0 Å². The third-order valence-corrected chi connectivity index (χ3v) is 1.69. The van der Waals surface area contributed by atoms with Gasteiger partial charge in [0.1, 0.15) is 0 Å². The van der Waals surface area contributed by atoms with Crippen LogP contribution in [-0.2, 0) is 4.74 Å². The van der Waals surface area contributed by atoms with Crippen molar-refractivity contribution in [3.63, 3.8) is 0 Å². The molecule has 72 valence electrons. The molecule has 0 unspecified atom stereocenters. The van der Waals surface area contributed by atoms with Gasteiger partial charge in [0.05, 0.1) is 6.61 Å². The van der Waals surface area contributed by atoms with Crippen LogP contribution in [0.25, 0.3) is 0 Å². The van der Waals surface area contributed by atoms with Crippen LogP contribution in [-0.4, -0.2) is 26.8 Å². The van der Waals surface area contributed by atoms with E-state index in [2.05, 4.69) is 18.8 Å². The Balaban J connectivity index is 2.86. The van der Waals surface area contributed by atoms with Crippen LogP contribution in [0.5, 0.6) is 0 Å². The highest BCUT2D eigenvalue weighted by atomic mass is 16.5. The van der Waals surface area contributed by atoms with Gasteiger partial charge < -0.3 is 10.1 Å². The van der Waals surface area contributed by atoms with Crippen LogP contribution in [0.3, 0.4) is 0 Å². The first-order chi connectivity index (χ1) is 5.77. The molecule has 0 saturated heterocycles. The van der Waals surface area contributed by atoms with Crippen molar-refractivity contribution in [3.8, 4) is 0 Å². The van der Waals surface area contributed by atoms with E-state index in [-0.39, 0.29) is 0 Å². The van der Waals surface area contributed by atoms with Gasteiger partial charge in [0.2, 0.25) is 0 Å². The fourth-order valence-corrected chi connectivity index (χ4v) is 0.976. The number of ether oxygens (including phenoxy) is 1. The van der Waals surface area contributed by atoms with E-state index in [9.17, 15) is 0 Å². The number of rotatable bonds is 8.